The predicted octanol–water partition coefficient (Wildman–Crippen LogP) is 2.03. The number of hydrogen-bond donors (Lipinski definition) is 1. The minimum Gasteiger partial charge on any atom is -0.385 e. The first-order valence-electron chi connectivity index (χ1n) is 6.77. The van der Waals surface area contributed by atoms with Crippen molar-refractivity contribution in [3.05, 3.63) is 17.5 Å². The summed E-state index contributed by atoms with van der Waals surface area (Å²) in [5, 5.41) is 7.47. The molecule has 0 aliphatic heterocycles. The molecule has 0 saturated carbocycles. The van der Waals surface area contributed by atoms with E-state index < -0.39 is 0 Å². The van der Waals surface area contributed by atoms with Gasteiger partial charge in [0.15, 0.2) is 5.76 Å². The van der Waals surface area contributed by atoms with E-state index in [1.165, 1.54) is 0 Å². The Morgan fingerprint density at radius 2 is 2.16 bits per heavy atom. The summed E-state index contributed by atoms with van der Waals surface area (Å²) in [7, 11) is 3.80. The van der Waals surface area contributed by atoms with Crippen molar-refractivity contribution in [1.82, 2.24) is 15.4 Å². The fourth-order valence-electron chi connectivity index (χ4n) is 1.69. The van der Waals surface area contributed by atoms with Gasteiger partial charge in [-0.1, -0.05) is 5.16 Å². The Bertz CT molecular complexity index is 358. The summed E-state index contributed by atoms with van der Waals surface area (Å²) in [6, 6.07) is 2.02. The maximum Gasteiger partial charge on any atom is 0.151 e. The topological polar surface area (TPSA) is 50.5 Å². The Labute approximate surface area is 116 Å². The molecule has 1 aromatic rings. The lowest BCUT2D eigenvalue weighted by Crippen LogP contribution is -2.35. The average Bonchev–Trinajstić information content (AvgIpc) is 2.73. The molecule has 0 amide bonds. The van der Waals surface area contributed by atoms with Gasteiger partial charge in [0.1, 0.15) is 0 Å². The van der Waals surface area contributed by atoms with Crippen LogP contribution in [0.3, 0.4) is 0 Å². The molecule has 0 aliphatic rings. The van der Waals surface area contributed by atoms with Crippen LogP contribution in [0.15, 0.2) is 10.6 Å². The number of aromatic nitrogens is 1. The van der Waals surface area contributed by atoms with Gasteiger partial charge < -0.3 is 14.6 Å². The summed E-state index contributed by atoms with van der Waals surface area (Å²) >= 11 is 0. The van der Waals surface area contributed by atoms with Crippen LogP contribution >= 0.6 is 0 Å². The Morgan fingerprint density at radius 3 is 2.79 bits per heavy atom. The fraction of sp³-hybridized carbons (Fsp3) is 0.786. The molecule has 5 nitrogen and oxygen atoms in total. The largest absolute Gasteiger partial charge is 0.385 e. The average molecular weight is 269 g/mol. The smallest absolute Gasteiger partial charge is 0.151 e. The van der Waals surface area contributed by atoms with Crippen molar-refractivity contribution in [3.8, 4) is 0 Å². The monoisotopic (exact) mass is 269 g/mol. The number of rotatable bonds is 8. The highest BCUT2D eigenvalue weighted by molar-refractivity contribution is 5.05. The molecule has 0 spiro atoms. The van der Waals surface area contributed by atoms with Crippen molar-refractivity contribution in [2.45, 2.75) is 45.8 Å². The van der Waals surface area contributed by atoms with Crippen LogP contribution in [0, 0.1) is 0 Å². The first-order valence-corrected chi connectivity index (χ1v) is 6.77. The van der Waals surface area contributed by atoms with Gasteiger partial charge in [0, 0.05) is 38.4 Å². The van der Waals surface area contributed by atoms with Gasteiger partial charge in [-0.3, -0.25) is 4.90 Å². The molecule has 1 rings (SSSR count). The minimum absolute atomic E-state index is 0.0933. The Morgan fingerprint density at radius 1 is 1.42 bits per heavy atom. The quantitative estimate of drug-likeness (QED) is 0.732. The molecule has 110 valence electrons. The molecule has 19 heavy (non-hydrogen) atoms. The van der Waals surface area contributed by atoms with Gasteiger partial charge in [-0.15, -0.1) is 0 Å². The van der Waals surface area contributed by atoms with Gasteiger partial charge in [0.25, 0.3) is 0 Å². The molecule has 1 heterocycles. The van der Waals surface area contributed by atoms with Crippen molar-refractivity contribution >= 4 is 0 Å². The van der Waals surface area contributed by atoms with Gasteiger partial charge in [-0.05, 0) is 34.2 Å². The highest BCUT2D eigenvalue weighted by Crippen LogP contribution is 2.08. The maximum atomic E-state index is 5.34. The predicted molar refractivity (Wildman–Crippen MR) is 75.9 cm³/mol. The number of hydrogen-bond acceptors (Lipinski definition) is 5. The molecule has 0 unspecified atom stereocenters. The molecule has 0 atom stereocenters. The summed E-state index contributed by atoms with van der Waals surface area (Å²) in [5.41, 5.74) is 1.05. The number of nitrogens with zero attached hydrogens (tertiary/aromatic N) is 2. The second-order valence-electron chi connectivity index (χ2n) is 5.97. The van der Waals surface area contributed by atoms with Gasteiger partial charge in [0.05, 0.1) is 12.2 Å². The van der Waals surface area contributed by atoms with Crippen LogP contribution in [-0.4, -0.2) is 42.9 Å². The maximum absolute atomic E-state index is 5.34. The molecule has 0 aliphatic carbocycles. The van der Waals surface area contributed by atoms with Crippen molar-refractivity contribution in [1.29, 1.82) is 0 Å². The third-order valence-corrected chi connectivity index (χ3v) is 2.72. The zero-order valence-corrected chi connectivity index (χ0v) is 12.8. The van der Waals surface area contributed by atoms with E-state index in [9.17, 15) is 0 Å². The lowest BCUT2D eigenvalue weighted by molar-refractivity contribution is 0.174. The van der Waals surface area contributed by atoms with Crippen LogP contribution < -0.4 is 5.32 Å². The van der Waals surface area contributed by atoms with E-state index in [2.05, 4.69) is 43.2 Å². The third kappa shape index (κ3) is 7.30. The molecule has 5 heteroatoms. The Balaban J connectivity index is 2.33. The molecular formula is C14H27N3O2. The molecule has 0 aromatic carbocycles. The van der Waals surface area contributed by atoms with E-state index in [1.807, 2.05) is 6.07 Å². The summed E-state index contributed by atoms with van der Waals surface area (Å²) in [4.78, 5) is 2.21. The molecule has 1 N–H and O–H groups in total. The number of nitrogens with one attached hydrogen (secondary N) is 1. The van der Waals surface area contributed by atoms with E-state index in [0.29, 0.717) is 0 Å². The standard InChI is InChI=1S/C14H27N3O2/c1-14(2,3)15-10-12-9-13(19-16-12)11-17(4)7-6-8-18-5/h9,15H,6-8,10-11H2,1-5H3. The molecule has 1 aromatic heterocycles. The number of ether oxygens (including phenoxy) is 1. The number of methoxy groups -OCH3 is 1. The van der Waals surface area contributed by atoms with Crippen LogP contribution in [0.1, 0.15) is 38.6 Å². The van der Waals surface area contributed by atoms with Crippen LogP contribution in [0.5, 0.6) is 0 Å². The van der Waals surface area contributed by atoms with Crippen molar-refractivity contribution < 1.29 is 9.26 Å². The lowest BCUT2D eigenvalue weighted by atomic mass is 10.1. The van der Waals surface area contributed by atoms with Gasteiger partial charge in [-0.2, -0.15) is 0 Å². The van der Waals surface area contributed by atoms with Crippen LogP contribution in [-0.2, 0) is 17.8 Å². The highest BCUT2D eigenvalue weighted by atomic mass is 16.5. The van der Waals surface area contributed by atoms with Crippen LogP contribution in [0.25, 0.3) is 0 Å². The SMILES string of the molecule is COCCCN(C)Cc1cc(CNC(C)(C)C)no1. The molecule has 0 fully saturated rings. The fourth-order valence-corrected chi connectivity index (χ4v) is 1.69. The summed E-state index contributed by atoms with van der Waals surface area (Å²) in [6.45, 7) is 9.71. The third-order valence-electron chi connectivity index (χ3n) is 2.72. The minimum atomic E-state index is 0.0933. The van der Waals surface area contributed by atoms with Gasteiger partial charge >= 0.3 is 0 Å². The van der Waals surface area contributed by atoms with Crippen molar-refractivity contribution in [3.63, 3.8) is 0 Å². The first kappa shape index (κ1) is 16.1. The molecule has 0 radical (unpaired) electrons. The zero-order valence-electron chi connectivity index (χ0n) is 12.8. The summed E-state index contributed by atoms with van der Waals surface area (Å²) < 4.78 is 10.4. The van der Waals surface area contributed by atoms with E-state index in [-0.39, 0.29) is 5.54 Å². The van der Waals surface area contributed by atoms with Crippen molar-refractivity contribution in [2.24, 2.45) is 0 Å². The van der Waals surface area contributed by atoms with E-state index in [0.717, 1.165) is 44.1 Å². The van der Waals surface area contributed by atoms with E-state index >= 15 is 0 Å². The highest BCUT2D eigenvalue weighted by Gasteiger charge is 2.11. The molecule has 0 saturated heterocycles. The van der Waals surface area contributed by atoms with Crippen molar-refractivity contribution in [2.75, 3.05) is 27.3 Å². The van der Waals surface area contributed by atoms with E-state index in [1.54, 1.807) is 7.11 Å². The zero-order chi connectivity index (χ0) is 14.3. The van der Waals surface area contributed by atoms with E-state index in [4.69, 9.17) is 9.26 Å². The lowest BCUT2D eigenvalue weighted by Gasteiger charge is -2.19. The molecule has 0 bridgehead atoms. The summed E-state index contributed by atoms with van der Waals surface area (Å²) in [5.74, 6) is 0.908. The Kier molecular flexibility index (Phi) is 6.48. The van der Waals surface area contributed by atoms with Crippen LogP contribution in [0.2, 0.25) is 0 Å². The normalized spacial score (nSPS) is 12.3. The van der Waals surface area contributed by atoms with Gasteiger partial charge in [0.2, 0.25) is 0 Å². The van der Waals surface area contributed by atoms with Crippen LogP contribution in [0.4, 0.5) is 0 Å². The first-order chi connectivity index (χ1) is 8.90. The summed E-state index contributed by atoms with van der Waals surface area (Å²) in [6.07, 6.45) is 1.03. The second kappa shape index (κ2) is 7.62. The van der Waals surface area contributed by atoms with Gasteiger partial charge in [-0.25, -0.2) is 0 Å². The second-order valence-corrected chi connectivity index (χ2v) is 5.97. The molecular weight excluding hydrogens is 242 g/mol. The Hall–Kier alpha value is -0.910.